The van der Waals surface area contributed by atoms with Gasteiger partial charge in [0.05, 0.1) is 24.9 Å². The van der Waals surface area contributed by atoms with Crippen LogP contribution in [0.2, 0.25) is 0 Å². The van der Waals surface area contributed by atoms with E-state index in [0.29, 0.717) is 23.5 Å². The normalized spacial score (nSPS) is 10.1. The van der Waals surface area contributed by atoms with Gasteiger partial charge in [0.1, 0.15) is 5.75 Å². The van der Waals surface area contributed by atoms with Gasteiger partial charge < -0.3 is 15.8 Å². The van der Waals surface area contributed by atoms with Crippen molar-refractivity contribution in [2.24, 2.45) is 0 Å². The van der Waals surface area contributed by atoms with Crippen molar-refractivity contribution in [1.82, 2.24) is 10.3 Å². The Balaban J connectivity index is 2.11. The number of amides is 1. The summed E-state index contributed by atoms with van der Waals surface area (Å²) in [4.78, 5) is 16.4. The van der Waals surface area contributed by atoms with E-state index in [1.807, 2.05) is 19.1 Å². The maximum Gasteiger partial charge on any atom is 0.255 e. The molecule has 3 N–H and O–H groups in total. The predicted molar refractivity (Wildman–Crippen MR) is 77.6 cm³/mol. The second-order valence-corrected chi connectivity index (χ2v) is 4.41. The van der Waals surface area contributed by atoms with E-state index in [-0.39, 0.29) is 5.91 Å². The van der Waals surface area contributed by atoms with Gasteiger partial charge in [-0.25, -0.2) is 0 Å². The second kappa shape index (κ2) is 6.06. The molecular formula is C15H17N3O2. The Morgan fingerprint density at radius 1 is 1.40 bits per heavy atom. The average Bonchev–Trinajstić information content (AvgIpc) is 2.46. The molecule has 0 bridgehead atoms. The minimum Gasteiger partial charge on any atom is -0.496 e. The number of ether oxygens (including phenoxy) is 1. The minimum absolute atomic E-state index is 0.216. The minimum atomic E-state index is -0.216. The van der Waals surface area contributed by atoms with Crippen LogP contribution in [0.5, 0.6) is 5.75 Å². The van der Waals surface area contributed by atoms with Crippen LogP contribution in [0.15, 0.2) is 36.5 Å². The smallest absolute Gasteiger partial charge is 0.255 e. The van der Waals surface area contributed by atoms with Crippen LogP contribution >= 0.6 is 0 Å². The van der Waals surface area contributed by atoms with E-state index in [1.54, 1.807) is 24.4 Å². The maximum atomic E-state index is 12.2. The highest BCUT2D eigenvalue weighted by Crippen LogP contribution is 2.21. The zero-order chi connectivity index (χ0) is 14.5. The van der Waals surface area contributed by atoms with Gasteiger partial charge in [-0.05, 0) is 30.7 Å². The SMILES string of the molecule is COc1cc(N)ccc1C(=O)NCc1ncccc1C. The lowest BCUT2D eigenvalue weighted by molar-refractivity contribution is 0.0947. The maximum absolute atomic E-state index is 12.2. The van der Waals surface area contributed by atoms with E-state index in [0.717, 1.165) is 11.3 Å². The van der Waals surface area contributed by atoms with Crippen LogP contribution in [0.1, 0.15) is 21.6 Å². The summed E-state index contributed by atoms with van der Waals surface area (Å²) in [6.07, 6.45) is 1.71. The summed E-state index contributed by atoms with van der Waals surface area (Å²) in [6.45, 7) is 2.33. The molecule has 0 radical (unpaired) electrons. The van der Waals surface area contributed by atoms with Crippen LogP contribution in [0, 0.1) is 6.92 Å². The number of benzene rings is 1. The number of carbonyl (C=O) groups excluding carboxylic acids is 1. The number of nitrogens with two attached hydrogens (primary N) is 1. The summed E-state index contributed by atoms with van der Waals surface area (Å²) in [7, 11) is 1.51. The number of aryl methyl sites for hydroxylation is 1. The standard InChI is InChI=1S/C15H17N3O2/c1-10-4-3-7-17-13(10)9-18-15(19)12-6-5-11(16)8-14(12)20-2/h3-8H,9,16H2,1-2H3,(H,18,19). The Bertz CT molecular complexity index is 626. The highest BCUT2D eigenvalue weighted by Gasteiger charge is 2.12. The first kappa shape index (κ1) is 13.9. The fourth-order valence-electron chi connectivity index (χ4n) is 1.86. The number of anilines is 1. The fourth-order valence-corrected chi connectivity index (χ4v) is 1.86. The molecule has 0 aliphatic rings. The average molecular weight is 271 g/mol. The molecule has 104 valence electrons. The second-order valence-electron chi connectivity index (χ2n) is 4.41. The summed E-state index contributed by atoms with van der Waals surface area (Å²) in [6, 6.07) is 8.76. The van der Waals surface area contributed by atoms with Crippen molar-refractivity contribution in [3.63, 3.8) is 0 Å². The number of aromatic nitrogens is 1. The number of carbonyl (C=O) groups is 1. The molecule has 5 nitrogen and oxygen atoms in total. The molecule has 0 atom stereocenters. The van der Waals surface area contributed by atoms with E-state index in [9.17, 15) is 4.79 Å². The molecule has 1 aromatic carbocycles. The Kier molecular flexibility index (Phi) is 4.20. The van der Waals surface area contributed by atoms with Crippen molar-refractivity contribution in [3.8, 4) is 5.75 Å². The van der Waals surface area contributed by atoms with Gasteiger partial charge in [0, 0.05) is 18.0 Å². The lowest BCUT2D eigenvalue weighted by Gasteiger charge is -2.10. The summed E-state index contributed by atoms with van der Waals surface area (Å²) in [5, 5.41) is 2.83. The molecule has 0 aliphatic carbocycles. The van der Waals surface area contributed by atoms with Crippen molar-refractivity contribution in [1.29, 1.82) is 0 Å². The van der Waals surface area contributed by atoms with Crippen LogP contribution in [0.4, 0.5) is 5.69 Å². The lowest BCUT2D eigenvalue weighted by Crippen LogP contribution is -2.24. The van der Waals surface area contributed by atoms with Crippen LogP contribution in [0.3, 0.4) is 0 Å². The Morgan fingerprint density at radius 3 is 2.90 bits per heavy atom. The molecular weight excluding hydrogens is 254 g/mol. The van der Waals surface area contributed by atoms with Gasteiger partial charge in [-0.2, -0.15) is 0 Å². The van der Waals surface area contributed by atoms with Gasteiger partial charge >= 0.3 is 0 Å². The summed E-state index contributed by atoms with van der Waals surface area (Å²) in [5.41, 5.74) is 8.56. The van der Waals surface area contributed by atoms with Crippen LogP contribution < -0.4 is 15.8 Å². The van der Waals surface area contributed by atoms with Crippen molar-refractivity contribution < 1.29 is 9.53 Å². The van der Waals surface area contributed by atoms with E-state index in [4.69, 9.17) is 10.5 Å². The summed E-state index contributed by atoms with van der Waals surface area (Å²) in [5.74, 6) is 0.243. The van der Waals surface area contributed by atoms with Crippen molar-refractivity contribution >= 4 is 11.6 Å². The monoisotopic (exact) mass is 271 g/mol. The molecule has 0 saturated heterocycles. The third-order valence-electron chi connectivity index (χ3n) is 3.00. The largest absolute Gasteiger partial charge is 0.496 e. The molecule has 1 heterocycles. The van der Waals surface area contributed by atoms with E-state index in [2.05, 4.69) is 10.3 Å². The first-order valence-electron chi connectivity index (χ1n) is 6.24. The highest BCUT2D eigenvalue weighted by molar-refractivity contribution is 5.97. The topological polar surface area (TPSA) is 77.2 Å². The molecule has 0 spiro atoms. The van der Waals surface area contributed by atoms with Gasteiger partial charge in [-0.1, -0.05) is 6.07 Å². The van der Waals surface area contributed by atoms with Gasteiger partial charge in [-0.15, -0.1) is 0 Å². The van der Waals surface area contributed by atoms with E-state index < -0.39 is 0 Å². The molecule has 0 aliphatic heterocycles. The fraction of sp³-hybridized carbons (Fsp3) is 0.200. The van der Waals surface area contributed by atoms with Gasteiger partial charge in [-0.3, -0.25) is 9.78 Å². The summed E-state index contributed by atoms with van der Waals surface area (Å²) >= 11 is 0. The molecule has 1 amide bonds. The highest BCUT2D eigenvalue weighted by atomic mass is 16.5. The third-order valence-corrected chi connectivity index (χ3v) is 3.00. The molecule has 0 unspecified atom stereocenters. The number of hydrogen-bond acceptors (Lipinski definition) is 4. The molecule has 2 aromatic rings. The zero-order valence-electron chi connectivity index (χ0n) is 11.5. The third kappa shape index (κ3) is 3.06. The van der Waals surface area contributed by atoms with Crippen LogP contribution in [-0.2, 0) is 6.54 Å². The first-order chi connectivity index (χ1) is 9.61. The van der Waals surface area contributed by atoms with E-state index >= 15 is 0 Å². The number of nitrogens with one attached hydrogen (secondary N) is 1. The molecule has 0 fully saturated rings. The predicted octanol–water partition coefficient (Wildman–Crippen LogP) is 1.91. The van der Waals surface area contributed by atoms with Crippen LogP contribution in [0.25, 0.3) is 0 Å². The van der Waals surface area contributed by atoms with E-state index in [1.165, 1.54) is 7.11 Å². The number of pyridine rings is 1. The van der Waals surface area contributed by atoms with Crippen molar-refractivity contribution in [2.45, 2.75) is 13.5 Å². The van der Waals surface area contributed by atoms with Crippen LogP contribution in [-0.4, -0.2) is 18.0 Å². The molecule has 2 rings (SSSR count). The Morgan fingerprint density at radius 2 is 2.20 bits per heavy atom. The molecule has 5 heteroatoms. The van der Waals surface area contributed by atoms with Gasteiger partial charge in [0.15, 0.2) is 0 Å². The number of nitrogens with zero attached hydrogens (tertiary/aromatic N) is 1. The number of nitrogen functional groups attached to an aromatic ring is 1. The van der Waals surface area contributed by atoms with Crippen molar-refractivity contribution in [2.75, 3.05) is 12.8 Å². The van der Waals surface area contributed by atoms with Gasteiger partial charge in [0.25, 0.3) is 5.91 Å². The number of hydrogen-bond donors (Lipinski definition) is 2. The number of methoxy groups -OCH3 is 1. The first-order valence-corrected chi connectivity index (χ1v) is 6.24. The molecule has 0 saturated carbocycles. The molecule has 20 heavy (non-hydrogen) atoms. The van der Waals surface area contributed by atoms with Crippen molar-refractivity contribution in [3.05, 3.63) is 53.3 Å². The van der Waals surface area contributed by atoms with Gasteiger partial charge in [0.2, 0.25) is 0 Å². The Hall–Kier alpha value is -2.56. The summed E-state index contributed by atoms with van der Waals surface area (Å²) < 4.78 is 5.17. The lowest BCUT2D eigenvalue weighted by atomic mass is 10.1. The molecule has 1 aromatic heterocycles. The number of rotatable bonds is 4. The quantitative estimate of drug-likeness (QED) is 0.833. The Labute approximate surface area is 117 Å². The zero-order valence-corrected chi connectivity index (χ0v) is 11.5.